The molecule has 0 saturated carbocycles. The zero-order chi connectivity index (χ0) is 28.3. The van der Waals surface area contributed by atoms with Crippen LogP contribution >= 0.6 is 35.0 Å². The Morgan fingerprint density at radius 2 is 1.55 bits per heavy atom. The first-order valence-electron chi connectivity index (χ1n) is 11.8. The molecule has 1 heterocycles. The Hall–Kier alpha value is -3.76. The van der Waals surface area contributed by atoms with Crippen LogP contribution in [0.25, 0.3) is 6.08 Å². The first-order chi connectivity index (χ1) is 19.2. The first kappa shape index (κ1) is 27.8. The molecule has 0 unspecified atom stereocenters. The SMILES string of the molecule is COc1cc(/C=C2/SC(=Nc3ccccc3)N(c3ccccc3)C2=O)cc(Cl)c1OS(=O)(=O)c1ccc(Cl)cc1. The predicted octanol–water partition coefficient (Wildman–Crippen LogP) is 7.58. The van der Waals surface area contributed by atoms with E-state index in [0.717, 1.165) is 0 Å². The van der Waals surface area contributed by atoms with Crippen LogP contribution in [0.3, 0.4) is 0 Å². The molecule has 4 aromatic carbocycles. The van der Waals surface area contributed by atoms with E-state index in [1.165, 1.54) is 49.2 Å². The van der Waals surface area contributed by atoms with Gasteiger partial charge in [0, 0.05) is 5.02 Å². The van der Waals surface area contributed by atoms with Gasteiger partial charge in [0.15, 0.2) is 10.9 Å². The molecule has 0 N–H and O–H groups in total. The van der Waals surface area contributed by atoms with Gasteiger partial charge < -0.3 is 8.92 Å². The average Bonchev–Trinajstić information content (AvgIpc) is 3.25. The smallest absolute Gasteiger partial charge is 0.339 e. The van der Waals surface area contributed by atoms with Crippen LogP contribution in [0.4, 0.5) is 11.4 Å². The van der Waals surface area contributed by atoms with Crippen LogP contribution < -0.4 is 13.8 Å². The number of amides is 1. The first-order valence-corrected chi connectivity index (χ1v) is 14.7. The van der Waals surface area contributed by atoms with Gasteiger partial charge in [-0.2, -0.15) is 8.42 Å². The molecule has 1 aliphatic heterocycles. The lowest BCUT2D eigenvalue weighted by Gasteiger charge is -2.15. The fraction of sp³-hybridized carbons (Fsp3) is 0.0345. The maximum Gasteiger partial charge on any atom is 0.339 e. The number of para-hydroxylation sites is 2. The number of anilines is 1. The van der Waals surface area contributed by atoms with E-state index in [2.05, 4.69) is 0 Å². The molecule has 0 bridgehead atoms. The van der Waals surface area contributed by atoms with Gasteiger partial charge in [-0.15, -0.1) is 0 Å². The van der Waals surface area contributed by atoms with Crippen LogP contribution in [0.5, 0.6) is 11.5 Å². The van der Waals surface area contributed by atoms with Crippen LogP contribution in [0.2, 0.25) is 10.0 Å². The number of hydrogen-bond acceptors (Lipinski definition) is 7. The van der Waals surface area contributed by atoms with Gasteiger partial charge in [-0.25, -0.2) is 4.99 Å². The molecule has 0 spiro atoms. The van der Waals surface area contributed by atoms with E-state index in [4.69, 9.17) is 37.1 Å². The third-order valence-corrected chi connectivity index (χ3v) is 8.38. The van der Waals surface area contributed by atoms with Gasteiger partial charge in [-0.05, 0) is 84.1 Å². The lowest BCUT2D eigenvalue weighted by atomic mass is 10.1. The number of halogens is 2. The van der Waals surface area contributed by atoms with Crippen LogP contribution in [0.15, 0.2) is 112 Å². The van der Waals surface area contributed by atoms with E-state index >= 15 is 0 Å². The van der Waals surface area contributed by atoms with Crippen LogP contribution in [0.1, 0.15) is 5.56 Å². The van der Waals surface area contributed by atoms with E-state index in [9.17, 15) is 13.2 Å². The predicted molar refractivity (Wildman–Crippen MR) is 160 cm³/mol. The van der Waals surface area contributed by atoms with Gasteiger partial charge in [0.25, 0.3) is 5.91 Å². The molecule has 40 heavy (non-hydrogen) atoms. The quantitative estimate of drug-likeness (QED) is 0.158. The molecular weight excluding hydrogens is 591 g/mol. The Labute approximate surface area is 245 Å². The van der Waals surface area contributed by atoms with Crippen molar-refractivity contribution >= 4 is 73.6 Å². The summed E-state index contributed by atoms with van der Waals surface area (Å²) in [6, 6.07) is 27.1. The van der Waals surface area contributed by atoms with Crippen molar-refractivity contribution < 1.29 is 22.1 Å². The fourth-order valence-corrected chi connectivity index (χ4v) is 6.17. The van der Waals surface area contributed by atoms with E-state index < -0.39 is 10.1 Å². The lowest BCUT2D eigenvalue weighted by molar-refractivity contribution is -0.113. The molecule has 1 amide bonds. The maximum absolute atomic E-state index is 13.6. The Morgan fingerprint density at radius 1 is 0.900 bits per heavy atom. The molecular formula is C29H20Cl2N2O5S2. The number of rotatable bonds is 7. The molecule has 4 aromatic rings. The minimum atomic E-state index is -4.22. The summed E-state index contributed by atoms with van der Waals surface area (Å²) in [4.78, 5) is 20.1. The molecule has 11 heteroatoms. The molecule has 1 aliphatic rings. The average molecular weight is 612 g/mol. The molecule has 5 rings (SSSR count). The van der Waals surface area contributed by atoms with E-state index in [-0.39, 0.29) is 27.3 Å². The summed E-state index contributed by atoms with van der Waals surface area (Å²) < 4.78 is 36.4. The Balaban J connectivity index is 1.50. The molecule has 0 aliphatic carbocycles. The van der Waals surface area contributed by atoms with E-state index in [1.807, 2.05) is 60.7 Å². The number of benzene rings is 4. The van der Waals surface area contributed by atoms with E-state index in [0.29, 0.717) is 32.0 Å². The van der Waals surface area contributed by atoms with Gasteiger partial charge in [-0.1, -0.05) is 59.6 Å². The molecule has 7 nitrogen and oxygen atoms in total. The topological polar surface area (TPSA) is 85.3 Å². The van der Waals surface area contributed by atoms with Crippen LogP contribution in [-0.4, -0.2) is 26.6 Å². The number of thioether (sulfide) groups is 1. The number of hydrogen-bond donors (Lipinski definition) is 0. The van der Waals surface area contributed by atoms with Crippen molar-refractivity contribution in [2.24, 2.45) is 4.99 Å². The Bertz CT molecular complexity index is 1730. The van der Waals surface area contributed by atoms with Gasteiger partial charge in [0.05, 0.1) is 28.4 Å². The van der Waals surface area contributed by atoms with Gasteiger partial charge >= 0.3 is 10.1 Å². The second-order valence-corrected chi connectivity index (χ2v) is 11.7. The minimum Gasteiger partial charge on any atom is -0.493 e. The zero-order valence-electron chi connectivity index (χ0n) is 20.8. The highest BCUT2D eigenvalue weighted by atomic mass is 35.5. The number of carbonyl (C=O) groups is 1. The number of nitrogens with zero attached hydrogens (tertiary/aromatic N) is 2. The van der Waals surface area contributed by atoms with Crippen molar-refractivity contribution in [3.8, 4) is 11.5 Å². The number of aliphatic imine (C=N–C) groups is 1. The van der Waals surface area contributed by atoms with E-state index in [1.54, 1.807) is 17.0 Å². The largest absolute Gasteiger partial charge is 0.493 e. The fourth-order valence-electron chi connectivity index (χ4n) is 3.78. The number of ether oxygens (including phenoxy) is 1. The summed E-state index contributed by atoms with van der Waals surface area (Å²) >= 11 is 13.5. The summed E-state index contributed by atoms with van der Waals surface area (Å²) in [5.41, 5.74) is 1.88. The Morgan fingerprint density at radius 3 is 2.20 bits per heavy atom. The minimum absolute atomic E-state index is 0.0164. The van der Waals surface area contributed by atoms with Crippen molar-refractivity contribution in [1.82, 2.24) is 0 Å². The van der Waals surface area contributed by atoms with Crippen LogP contribution in [0, 0.1) is 0 Å². The van der Waals surface area contributed by atoms with Crippen molar-refractivity contribution in [3.05, 3.63) is 118 Å². The Kier molecular flexibility index (Phi) is 8.18. The van der Waals surface area contributed by atoms with Gasteiger partial charge in [0.1, 0.15) is 4.90 Å². The number of amidine groups is 1. The molecule has 0 aromatic heterocycles. The number of methoxy groups -OCH3 is 1. The molecule has 0 radical (unpaired) electrons. The molecule has 1 saturated heterocycles. The summed E-state index contributed by atoms with van der Waals surface area (Å²) in [5.74, 6) is -0.374. The number of carbonyl (C=O) groups excluding carboxylic acids is 1. The molecule has 1 fully saturated rings. The van der Waals surface area contributed by atoms with Crippen molar-refractivity contribution in [1.29, 1.82) is 0 Å². The van der Waals surface area contributed by atoms with Gasteiger partial charge in [0.2, 0.25) is 5.75 Å². The monoisotopic (exact) mass is 610 g/mol. The van der Waals surface area contributed by atoms with Gasteiger partial charge in [-0.3, -0.25) is 9.69 Å². The second-order valence-electron chi connectivity index (χ2n) is 8.34. The lowest BCUT2D eigenvalue weighted by Crippen LogP contribution is -2.28. The second kappa shape index (κ2) is 11.8. The van der Waals surface area contributed by atoms with Crippen molar-refractivity contribution in [3.63, 3.8) is 0 Å². The standard InChI is InChI=1S/C29H20Cl2N2O5S2/c1-37-25-17-19(16-24(31)27(25)38-40(35,36)23-14-12-20(30)13-15-23)18-26-28(34)33(22-10-6-3-7-11-22)29(39-26)32-21-8-4-2-5-9-21/h2-18H,1H3/b26-18+,32-29?. The highest BCUT2D eigenvalue weighted by Gasteiger charge is 2.35. The van der Waals surface area contributed by atoms with Crippen LogP contribution in [-0.2, 0) is 14.9 Å². The highest BCUT2D eigenvalue weighted by Crippen LogP contribution is 2.41. The molecule has 202 valence electrons. The summed E-state index contributed by atoms with van der Waals surface area (Å²) in [6.45, 7) is 0. The van der Waals surface area contributed by atoms with Crippen molar-refractivity contribution in [2.45, 2.75) is 4.90 Å². The zero-order valence-corrected chi connectivity index (χ0v) is 24.0. The maximum atomic E-state index is 13.6. The van der Waals surface area contributed by atoms with Crippen molar-refractivity contribution in [2.75, 3.05) is 12.0 Å². The third-order valence-electron chi connectivity index (χ3n) is 5.65. The highest BCUT2D eigenvalue weighted by molar-refractivity contribution is 8.19. The normalized spacial score (nSPS) is 15.6. The summed E-state index contributed by atoms with van der Waals surface area (Å²) in [7, 11) is -2.86. The third kappa shape index (κ3) is 6.03. The molecule has 0 atom stereocenters. The summed E-state index contributed by atoms with van der Waals surface area (Å²) in [6.07, 6.45) is 1.64. The summed E-state index contributed by atoms with van der Waals surface area (Å²) in [5, 5.41) is 0.854.